The van der Waals surface area contributed by atoms with Gasteiger partial charge in [0.1, 0.15) is 0 Å². The summed E-state index contributed by atoms with van der Waals surface area (Å²) in [6.45, 7) is 4.78. The number of hydrogen-bond acceptors (Lipinski definition) is 2. The molecule has 0 bridgehead atoms. The van der Waals surface area contributed by atoms with E-state index in [4.69, 9.17) is 0 Å². The van der Waals surface area contributed by atoms with E-state index in [0.29, 0.717) is 6.04 Å². The van der Waals surface area contributed by atoms with Crippen LogP contribution in [0.25, 0.3) is 6.08 Å². The Hall–Kier alpha value is -1.15. The van der Waals surface area contributed by atoms with Gasteiger partial charge in [0, 0.05) is 25.0 Å². The van der Waals surface area contributed by atoms with Crippen LogP contribution >= 0.6 is 0 Å². The molecule has 0 aliphatic carbocycles. The molecule has 56 valence electrons. The van der Waals surface area contributed by atoms with Crippen LogP contribution in [0.15, 0.2) is 25.0 Å². The summed E-state index contributed by atoms with van der Waals surface area (Å²) in [6.07, 6.45) is 5.54. The molecule has 1 aliphatic rings. The van der Waals surface area contributed by atoms with E-state index in [0.717, 1.165) is 12.1 Å². The molecule has 1 saturated heterocycles. The monoisotopic (exact) mass is 146 g/mol. The molecule has 0 saturated carbocycles. The molecule has 0 amide bonds. The summed E-state index contributed by atoms with van der Waals surface area (Å²) in [4.78, 5) is 4.11. The van der Waals surface area contributed by atoms with Crippen molar-refractivity contribution in [1.29, 1.82) is 0 Å². The Morgan fingerprint density at radius 3 is 3.09 bits per heavy atom. The summed E-state index contributed by atoms with van der Waals surface area (Å²) >= 11 is 0. The van der Waals surface area contributed by atoms with Crippen molar-refractivity contribution >= 4 is 6.08 Å². The van der Waals surface area contributed by atoms with Gasteiger partial charge in [0.05, 0.1) is 0 Å². The lowest BCUT2D eigenvalue weighted by atomic mass is 10.1. The van der Waals surface area contributed by atoms with Crippen LogP contribution in [0.4, 0.5) is 0 Å². The molecule has 1 aromatic heterocycles. The number of nitrogens with zero attached hydrogens (tertiary/aromatic N) is 1. The third kappa shape index (κ3) is 1.30. The van der Waals surface area contributed by atoms with Crippen LogP contribution in [0.2, 0.25) is 0 Å². The smallest absolute Gasteiger partial charge is 0.0463 e. The molecule has 2 nitrogen and oxygen atoms in total. The number of nitrogens with one attached hydrogen (secondary N) is 1. The van der Waals surface area contributed by atoms with Crippen LogP contribution in [0.5, 0.6) is 0 Å². The average Bonchev–Trinajstić information content (AvgIpc) is 2.87. The molecule has 0 spiro atoms. The maximum Gasteiger partial charge on any atom is 0.0463 e. The molecule has 2 heteroatoms. The molecule has 0 aromatic carbocycles. The maximum absolute atomic E-state index is 4.11. The zero-order valence-corrected chi connectivity index (χ0v) is 6.25. The number of rotatable bonds is 2. The minimum atomic E-state index is 0.544. The van der Waals surface area contributed by atoms with E-state index >= 15 is 0 Å². The van der Waals surface area contributed by atoms with Crippen LogP contribution in [0.3, 0.4) is 0 Å². The lowest BCUT2D eigenvalue weighted by Crippen LogP contribution is -1.86. The van der Waals surface area contributed by atoms with Gasteiger partial charge in [-0.05, 0) is 17.2 Å². The molecule has 1 fully saturated rings. The quantitative estimate of drug-likeness (QED) is 0.639. The van der Waals surface area contributed by atoms with E-state index in [9.17, 15) is 0 Å². The van der Waals surface area contributed by atoms with Crippen LogP contribution in [-0.2, 0) is 0 Å². The highest BCUT2D eigenvalue weighted by molar-refractivity contribution is 5.46. The van der Waals surface area contributed by atoms with E-state index in [1.165, 1.54) is 5.56 Å². The molecule has 1 atom stereocenters. The molecule has 0 unspecified atom stereocenters. The van der Waals surface area contributed by atoms with Gasteiger partial charge in [0.25, 0.3) is 0 Å². The second-order valence-corrected chi connectivity index (χ2v) is 2.72. The molecular formula is C9H10N2. The Morgan fingerprint density at radius 1 is 1.64 bits per heavy atom. The fraction of sp³-hybridized carbons (Fsp3) is 0.222. The first-order chi connectivity index (χ1) is 5.40. The van der Waals surface area contributed by atoms with E-state index in [2.05, 4.69) is 22.9 Å². The van der Waals surface area contributed by atoms with E-state index in [-0.39, 0.29) is 0 Å². The molecule has 2 heterocycles. The third-order valence-corrected chi connectivity index (χ3v) is 1.83. The van der Waals surface area contributed by atoms with Crippen LogP contribution in [0.1, 0.15) is 17.2 Å². The standard InChI is InChI=1S/C9H10N2/c1-2-7-3-8(5-10-4-7)9-6-11-9/h2-5,9,11H,1,6H2/t9-/m0/s1. The zero-order chi connectivity index (χ0) is 7.68. The van der Waals surface area contributed by atoms with Gasteiger partial charge >= 0.3 is 0 Å². The van der Waals surface area contributed by atoms with Gasteiger partial charge in [0.15, 0.2) is 0 Å². The van der Waals surface area contributed by atoms with E-state index < -0.39 is 0 Å². The second kappa shape index (κ2) is 2.47. The molecule has 1 N–H and O–H groups in total. The third-order valence-electron chi connectivity index (χ3n) is 1.83. The summed E-state index contributed by atoms with van der Waals surface area (Å²) in [6, 6.07) is 2.66. The van der Waals surface area contributed by atoms with Gasteiger partial charge in [-0.2, -0.15) is 0 Å². The molecule has 11 heavy (non-hydrogen) atoms. The lowest BCUT2D eigenvalue weighted by molar-refractivity contribution is 1.05. The summed E-state index contributed by atoms with van der Waals surface area (Å²) in [5.41, 5.74) is 2.36. The Labute approximate surface area is 66.0 Å². The summed E-state index contributed by atoms with van der Waals surface area (Å²) in [5.74, 6) is 0. The van der Waals surface area contributed by atoms with Gasteiger partial charge in [-0.15, -0.1) is 0 Å². The molecule has 1 aliphatic heterocycles. The fourth-order valence-electron chi connectivity index (χ4n) is 1.07. The van der Waals surface area contributed by atoms with Crippen molar-refractivity contribution in [1.82, 2.24) is 10.3 Å². The zero-order valence-electron chi connectivity index (χ0n) is 6.25. The average molecular weight is 146 g/mol. The van der Waals surface area contributed by atoms with Gasteiger partial charge < -0.3 is 5.32 Å². The first kappa shape index (κ1) is 6.55. The number of aromatic nitrogens is 1. The molecule has 0 radical (unpaired) electrons. The van der Waals surface area contributed by atoms with Crippen LogP contribution in [-0.4, -0.2) is 11.5 Å². The van der Waals surface area contributed by atoms with Gasteiger partial charge in [-0.1, -0.05) is 12.7 Å². The van der Waals surface area contributed by atoms with Crippen molar-refractivity contribution < 1.29 is 0 Å². The lowest BCUT2D eigenvalue weighted by Gasteiger charge is -1.96. The SMILES string of the molecule is C=Cc1cncc([C@@H]2CN2)c1. The number of hydrogen-bond donors (Lipinski definition) is 1. The van der Waals surface area contributed by atoms with Gasteiger partial charge in [0.2, 0.25) is 0 Å². The Kier molecular flexibility index (Phi) is 1.47. The van der Waals surface area contributed by atoms with E-state index in [1.54, 1.807) is 0 Å². The Balaban J connectivity index is 2.33. The highest BCUT2D eigenvalue weighted by Gasteiger charge is 2.22. The maximum atomic E-state index is 4.11. The summed E-state index contributed by atoms with van der Waals surface area (Å²) < 4.78 is 0. The van der Waals surface area contributed by atoms with Crippen molar-refractivity contribution in [2.24, 2.45) is 0 Å². The molecule has 2 rings (SSSR count). The second-order valence-electron chi connectivity index (χ2n) is 2.72. The normalized spacial score (nSPS) is 21.3. The first-order valence-corrected chi connectivity index (χ1v) is 3.71. The summed E-state index contributed by atoms with van der Waals surface area (Å²) in [5, 5.41) is 3.23. The van der Waals surface area contributed by atoms with Crippen molar-refractivity contribution in [2.75, 3.05) is 6.54 Å². The van der Waals surface area contributed by atoms with Crippen LogP contribution < -0.4 is 5.32 Å². The first-order valence-electron chi connectivity index (χ1n) is 3.71. The highest BCUT2D eigenvalue weighted by Crippen LogP contribution is 2.21. The van der Waals surface area contributed by atoms with Crippen molar-refractivity contribution in [3.63, 3.8) is 0 Å². The van der Waals surface area contributed by atoms with Crippen molar-refractivity contribution in [2.45, 2.75) is 6.04 Å². The van der Waals surface area contributed by atoms with E-state index in [1.807, 2.05) is 18.5 Å². The molecular weight excluding hydrogens is 136 g/mol. The minimum absolute atomic E-state index is 0.544. The Bertz CT molecular complexity index is 277. The minimum Gasteiger partial charge on any atom is -0.307 e. The van der Waals surface area contributed by atoms with Crippen LogP contribution in [0, 0.1) is 0 Å². The van der Waals surface area contributed by atoms with Gasteiger partial charge in [-0.3, -0.25) is 4.98 Å². The topological polar surface area (TPSA) is 34.8 Å². The highest BCUT2D eigenvalue weighted by atomic mass is 15.1. The van der Waals surface area contributed by atoms with Crippen molar-refractivity contribution in [3.05, 3.63) is 36.2 Å². The summed E-state index contributed by atoms with van der Waals surface area (Å²) in [7, 11) is 0. The predicted octanol–water partition coefficient (Wildman–Crippen LogP) is 1.37. The largest absolute Gasteiger partial charge is 0.307 e. The Morgan fingerprint density at radius 2 is 2.45 bits per heavy atom. The molecule has 1 aromatic rings. The fourth-order valence-corrected chi connectivity index (χ4v) is 1.07. The number of pyridine rings is 1. The predicted molar refractivity (Wildman–Crippen MR) is 45.1 cm³/mol. The van der Waals surface area contributed by atoms with Crippen molar-refractivity contribution in [3.8, 4) is 0 Å². The van der Waals surface area contributed by atoms with Gasteiger partial charge in [-0.25, -0.2) is 0 Å².